The Bertz CT molecular complexity index is 54.4. The number of alkyl halides is 1. The second-order valence-corrected chi connectivity index (χ2v) is 1.62. The Hall–Kier alpha value is 1.53. The average molecular weight is 142 g/mol. The van der Waals surface area contributed by atoms with E-state index < -0.39 is 6.17 Å². The molecule has 1 atom stereocenters. The third-order valence-corrected chi connectivity index (χ3v) is 0.962. The smallest absolute Gasteiger partial charge is 0.384 e. The molecule has 0 aromatic heterocycles. The molecule has 0 bridgehead atoms. The maximum absolute atomic E-state index is 12.0. The quantitative estimate of drug-likeness (QED) is 0.279. The van der Waals surface area contributed by atoms with Gasteiger partial charge in [0.25, 0.3) is 0 Å². The molecular weight excluding hydrogens is 134 g/mol. The molecule has 8 heavy (non-hydrogen) atoms. The number of hydrogen-bond acceptors (Lipinski definition) is 1. The van der Waals surface area contributed by atoms with Crippen LogP contribution in [-0.2, 0) is 4.74 Å². The summed E-state index contributed by atoms with van der Waals surface area (Å²) in [6, 6.07) is 0. The summed E-state index contributed by atoms with van der Waals surface area (Å²) in [4.78, 5) is 0. The van der Waals surface area contributed by atoms with E-state index in [1.807, 2.05) is 0 Å². The van der Waals surface area contributed by atoms with Crippen LogP contribution >= 0.6 is 0 Å². The fourth-order valence-corrected chi connectivity index (χ4v) is 0.596. The van der Waals surface area contributed by atoms with Gasteiger partial charge in [-0.2, -0.15) is 6.42 Å². The van der Waals surface area contributed by atoms with Crippen molar-refractivity contribution in [1.29, 1.82) is 0 Å². The van der Waals surface area contributed by atoms with E-state index in [9.17, 15) is 4.39 Å². The molecule has 3 heteroatoms. The molecule has 0 N–H and O–H groups in total. The van der Waals surface area contributed by atoms with Crippen molar-refractivity contribution in [2.24, 2.45) is 0 Å². The molecule has 0 aromatic carbocycles. The molecule has 0 aliphatic carbocycles. The Kier molecular flexibility index (Phi) is 6.34. The molecule has 42 valence electrons. The maximum atomic E-state index is 12.0. The molecule has 0 aromatic rings. The average Bonchev–Trinajstić information content (AvgIpc) is 1.69. The van der Waals surface area contributed by atoms with Crippen molar-refractivity contribution in [3.8, 4) is 0 Å². The predicted molar refractivity (Wildman–Crippen MR) is 24.6 cm³/mol. The zero-order chi connectivity index (χ0) is 5.11. The molecule has 0 radical (unpaired) electrons. The summed E-state index contributed by atoms with van der Waals surface area (Å²) in [6.07, 6.45) is 1.60. The number of halogens is 1. The van der Waals surface area contributed by atoms with Gasteiger partial charge in [0, 0.05) is 19.4 Å². The summed E-state index contributed by atoms with van der Waals surface area (Å²) in [5.74, 6) is 0. The van der Waals surface area contributed by atoms with Crippen molar-refractivity contribution in [3.05, 3.63) is 6.42 Å². The van der Waals surface area contributed by atoms with Crippen molar-refractivity contribution in [3.63, 3.8) is 0 Å². The van der Waals surface area contributed by atoms with Crippen LogP contribution < -0.4 is 51.4 Å². The third-order valence-electron chi connectivity index (χ3n) is 0.962. The van der Waals surface area contributed by atoms with E-state index in [4.69, 9.17) is 4.74 Å². The molecule has 1 rings (SSSR count). The summed E-state index contributed by atoms with van der Waals surface area (Å²) < 4.78 is 16.8. The van der Waals surface area contributed by atoms with Gasteiger partial charge in [0.1, 0.15) is 0 Å². The first-order valence-corrected chi connectivity index (χ1v) is 2.45. The van der Waals surface area contributed by atoms with E-state index in [2.05, 4.69) is 0 Å². The molecule has 1 aliphatic rings. The Morgan fingerprint density at radius 1 is 1.62 bits per heavy atom. The minimum absolute atomic E-state index is 0. The van der Waals surface area contributed by atoms with Crippen molar-refractivity contribution >= 4 is 0 Å². The molecule has 0 amide bonds. The normalized spacial score (nSPS) is 28.9. The van der Waals surface area contributed by atoms with Crippen molar-refractivity contribution in [2.45, 2.75) is 12.6 Å². The van der Waals surface area contributed by atoms with Gasteiger partial charge in [0.2, 0.25) is 0 Å². The van der Waals surface area contributed by atoms with E-state index >= 15 is 0 Å². The molecule has 0 spiro atoms. The van der Waals surface area contributed by atoms with Gasteiger partial charge in [-0.15, -0.1) is 0 Å². The molecule has 1 fully saturated rings. The van der Waals surface area contributed by atoms with Gasteiger partial charge in [0.15, 0.2) is 0 Å². The Morgan fingerprint density at radius 3 is 2.62 bits per heavy atom. The zero-order valence-electron chi connectivity index (χ0n) is 5.06. The fourth-order valence-electron chi connectivity index (χ4n) is 0.596. The number of ether oxygens (including phenoxy) is 1. The topological polar surface area (TPSA) is 9.23 Å². The minimum Gasteiger partial charge on any atom is -0.384 e. The van der Waals surface area contributed by atoms with Crippen molar-refractivity contribution in [2.75, 3.05) is 13.2 Å². The summed E-state index contributed by atoms with van der Waals surface area (Å²) in [5.41, 5.74) is 0. The first kappa shape index (κ1) is 9.53. The predicted octanol–water partition coefficient (Wildman–Crippen LogP) is -2.05. The minimum atomic E-state index is -0.811. The molecular formula is C5H8FKO. The van der Waals surface area contributed by atoms with Crippen LogP contribution in [0.15, 0.2) is 0 Å². The summed E-state index contributed by atoms with van der Waals surface area (Å²) in [7, 11) is 0. The van der Waals surface area contributed by atoms with E-state index in [0.29, 0.717) is 6.61 Å². The van der Waals surface area contributed by atoms with E-state index in [1.54, 1.807) is 6.42 Å². The van der Waals surface area contributed by atoms with Crippen LogP contribution in [0.5, 0.6) is 0 Å². The van der Waals surface area contributed by atoms with Crippen LogP contribution in [0.4, 0.5) is 4.39 Å². The van der Waals surface area contributed by atoms with Crippen LogP contribution in [0, 0.1) is 6.42 Å². The van der Waals surface area contributed by atoms with E-state index in [0.717, 1.165) is 6.42 Å². The molecule has 1 aliphatic heterocycles. The standard InChI is InChI=1S/C5H8FO.K/c6-5-2-1-3-7-4-5;/h2,5H,1,3-4H2;/q-1;+1. The molecule has 0 saturated carbocycles. The largest absolute Gasteiger partial charge is 1.00 e. The van der Waals surface area contributed by atoms with Gasteiger partial charge in [0.05, 0.1) is 0 Å². The second kappa shape index (κ2) is 5.32. The van der Waals surface area contributed by atoms with Gasteiger partial charge >= 0.3 is 51.4 Å². The fraction of sp³-hybridized carbons (Fsp3) is 0.800. The molecule has 1 saturated heterocycles. The first-order valence-electron chi connectivity index (χ1n) is 2.45. The van der Waals surface area contributed by atoms with Gasteiger partial charge in [-0.1, -0.05) is 0 Å². The van der Waals surface area contributed by atoms with Crippen LogP contribution in [0.2, 0.25) is 0 Å². The number of hydrogen-bond donors (Lipinski definition) is 0. The van der Waals surface area contributed by atoms with Gasteiger partial charge < -0.3 is 4.74 Å². The summed E-state index contributed by atoms with van der Waals surface area (Å²) >= 11 is 0. The third kappa shape index (κ3) is 3.53. The van der Waals surface area contributed by atoms with E-state index in [-0.39, 0.29) is 58.0 Å². The zero-order valence-corrected chi connectivity index (χ0v) is 8.19. The Balaban J connectivity index is 0.000000490. The van der Waals surface area contributed by atoms with Crippen LogP contribution in [0.3, 0.4) is 0 Å². The Labute approximate surface area is 91.4 Å². The Morgan fingerprint density at radius 2 is 2.38 bits per heavy atom. The van der Waals surface area contributed by atoms with Gasteiger partial charge in [-0.05, 0) is 0 Å². The summed E-state index contributed by atoms with van der Waals surface area (Å²) in [6.45, 7) is 0.959. The van der Waals surface area contributed by atoms with Crippen molar-refractivity contribution in [1.82, 2.24) is 0 Å². The summed E-state index contributed by atoms with van der Waals surface area (Å²) in [5, 5.41) is 0. The van der Waals surface area contributed by atoms with E-state index in [1.165, 1.54) is 0 Å². The first-order chi connectivity index (χ1) is 3.39. The van der Waals surface area contributed by atoms with Crippen LogP contribution in [-0.4, -0.2) is 19.4 Å². The SMILES string of the molecule is FC1[CH-]CCOC1.[K+]. The van der Waals surface area contributed by atoms with Crippen LogP contribution in [0.1, 0.15) is 6.42 Å². The molecule has 1 nitrogen and oxygen atoms in total. The molecule has 1 unspecified atom stereocenters. The van der Waals surface area contributed by atoms with Gasteiger partial charge in [-0.25, -0.2) is 0 Å². The van der Waals surface area contributed by atoms with Crippen molar-refractivity contribution < 1.29 is 60.5 Å². The maximum Gasteiger partial charge on any atom is 1.00 e. The monoisotopic (exact) mass is 142 g/mol. The van der Waals surface area contributed by atoms with Gasteiger partial charge in [-0.3, -0.25) is 10.8 Å². The molecule has 1 heterocycles. The second-order valence-electron chi connectivity index (χ2n) is 1.62. The van der Waals surface area contributed by atoms with Crippen LogP contribution in [0.25, 0.3) is 0 Å². The number of rotatable bonds is 0.